The second-order valence-corrected chi connectivity index (χ2v) is 5.77. The summed E-state index contributed by atoms with van der Waals surface area (Å²) in [5.74, 6) is -0.0121. The number of hydrogen-bond donors (Lipinski definition) is 2. The summed E-state index contributed by atoms with van der Waals surface area (Å²) in [5, 5.41) is 3.39. The van der Waals surface area contributed by atoms with E-state index in [1.54, 1.807) is 18.2 Å². The van der Waals surface area contributed by atoms with Gasteiger partial charge in [0.1, 0.15) is 0 Å². The van der Waals surface area contributed by atoms with Gasteiger partial charge in [0.05, 0.1) is 11.4 Å². The third-order valence-corrected chi connectivity index (χ3v) is 4.00. The summed E-state index contributed by atoms with van der Waals surface area (Å²) in [6.07, 6.45) is 3.61. The van der Waals surface area contributed by atoms with E-state index in [1.807, 2.05) is 0 Å². The lowest BCUT2D eigenvalue weighted by Crippen LogP contribution is -2.31. The molecule has 5 heteroatoms. The topological polar surface area (TPSA) is 58.4 Å². The van der Waals surface area contributed by atoms with Crippen LogP contribution in [0.25, 0.3) is 0 Å². The number of nitrogens with two attached hydrogens (primary N) is 1. The first kappa shape index (κ1) is 17.8. The monoisotopic (exact) mass is 311 g/mol. The maximum absolute atomic E-state index is 11.9. The second-order valence-electron chi connectivity index (χ2n) is 5.33. The molecule has 0 atom stereocenters. The van der Waals surface area contributed by atoms with Crippen LogP contribution in [0, 0.1) is 0 Å². The van der Waals surface area contributed by atoms with Crippen molar-refractivity contribution in [2.75, 3.05) is 24.6 Å². The molecule has 0 saturated carbocycles. The van der Waals surface area contributed by atoms with E-state index in [-0.39, 0.29) is 5.91 Å². The molecule has 0 radical (unpaired) electrons. The van der Waals surface area contributed by atoms with Gasteiger partial charge in [-0.1, -0.05) is 25.4 Å². The zero-order valence-electron chi connectivity index (χ0n) is 13.2. The molecule has 0 bridgehead atoms. The highest BCUT2D eigenvalue weighted by atomic mass is 35.5. The highest BCUT2D eigenvalue weighted by Gasteiger charge is 2.11. The Morgan fingerprint density at radius 1 is 1.38 bits per heavy atom. The Bertz CT molecular complexity index is 461. The lowest BCUT2D eigenvalue weighted by molar-refractivity contribution is -0.116. The molecule has 1 rings (SSSR count). The van der Waals surface area contributed by atoms with E-state index >= 15 is 0 Å². The number of carbonyl (C=O) groups excluding carboxylic acids is 1. The molecule has 1 amide bonds. The molecule has 118 valence electrons. The van der Waals surface area contributed by atoms with Crippen molar-refractivity contribution >= 4 is 28.9 Å². The van der Waals surface area contributed by atoms with Crippen LogP contribution in [0.4, 0.5) is 11.4 Å². The minimum atomic E-state index is -0.0121. The fourth-order valence-corrected chi connectivity index (χ4v) is 2.62. The summed E-state index contributed by atoms with van der Waals surface area (Å²) < 4.78 is 0. The molecule has 0 saturated heterocycles. The van der Waals surface area contributed by atoms with Gasteiger partial charge in [0, 0.05) is 17.5 Å². The number of hydrogen-bond acceptors (Lipinski definition) is 3. The van der Waals surface area contributed by atoms with E-state index in [9.17, 15) is 4.79 Å². The minimum Gasteiger partial charge on any atom is -0.397 e. The number of rotatable bonds is 8. The van der Waals surface area contributed by atoms with Crippen LogP contribution in [0.3, 0.4) is 0 Å². The number of nitrogen functional groups attached to an aromatic ring is 1. The van der Waals surface area contributed by atoms with Crippen LogP contribution < -0.4 is 11.1 Å². The first-order valence-electron chi connectivity index (χ1n) is 7.53. The van der Waals surface area contributed by atoms with Crippen LogP contribution >= 0.6 is 11.6 Å². The van der Waals surface area contributed by atoms with Gasteiger partial charge in [0.2, 0.25) is 5.91 Å². The van der Waals surface area contributed by atoms with Crippen molar-refractivity contribution < 1.29 is 4.79 Å². The fourth-order valence-electron chi connectivity index (χ4n) is 2.44. The molecule has 0 aliphatic carbocycles. The summed E-state index contributed by atoms with van der Waals surface area (Å²) in [6, 6.07) is 5.68. The maximum atomic E-state index is 11.9. The van der Waals surface area contributed by atoms with E-state index in [2.05, 4.69) is 31.1 Å². The van der Waals surface area contributed by atoms with Gasteiger partial charge < -0.3 is 16.0 Å². The Morgan fingerprint density at radius 3 is 2.62 bits per heavy atom. The Morgan fingerprint density at radius 2 is 2.05 bits per heavy atom. The molecular weight excluding hydrogens is 286 g/mol. The normalized spacial score (nSPS) is 11.1. The Labute approximate surface area is 132 Å². The average Bonchev–Trinajstić information content (AvgIpc) is 2.43. The summed E-state index contributed by atoms with van der Waals surface area (Å²) in [7, 11) is 2.12. The molecule has 1 aromatic carbocycles. The van der Waals surface area contributed by atoms with Crippen molar-refractivity contribution in [3.63, 3.8) is 0 Å². The van der Waals surface area contributed by atoms with Crippen LogP contribution in [0.15, 0.2) is 18.2 Å². The first-order valence-corrected chi connectivity index (χ1v) is 7.90. The Balaban J connectivity index is 2.37. The van der Waals surface area contributed by atoms with Crippen molar-refractivity contribution in [1.82, 2.24) is 4.90 Å². The molecule has 21 heavy (non-hydrogen) atoms. The van der Waals surface area contributed by atoms with Crippen LogP contribution in [-0.2, 0) is 4.79 Å². The van der Waals surface area contributed by atoms with E-state index in [0.717, 1.165) is 25.8 Å². The van der Waals surface area contributed by atoms with Gasteiger partial charge in [0.25, 0.3) is 0 Å². The number of benzene rings is 1. The molecule has 0 unspecified atom stereocenters. The van der Waals surface area contributed by atoms with Crippen molar-refractivity contribution in [2.24, 2.45) is 0 Å². The number of anilines is 2. The van der Waals surface area contributed by atoms with Gasteiger partial charge in [0.15, 0.2) is 0 Å². The molecule has 0 aliphatic heterocycles. The van der Waals surface area contributed by atoms with Gasteiger partial charge in [-0.2, -0.15) is 0 Å². The lowest BCUT2D eigenvalue weighted by Gasteiger charge is -2.25. The average molecular weight is 312 g/mol. The van der Waals surface area contributed by atoms with Crippen LogP contribution in [0.2, 0.25) is 5.02 Å². The van der Waals surface area contributed by atoms with E-state index < -0.39 is 0 Å². The van der Waals surface area contributed by atoms with Crippen LogP contribution in [-0.4, -0.2) is 30.4 Å². The smallest absolute Gasteiger partial charge is 0.224 e. The summed E-state index contributed by atoms with van der Waals surface area (Å²) in [6.45, 7) is 5.32. The number of carbonyl (C=O) groups is 1. The van der Waals surface area contributed by atoms with E-state index in [1.165, 1.54) is 0 Å². The quantitative estimate of drug-likeness (QED) is 0.719. The molecule has 0 spiro atoms. The van der Waals surface area contributed by atoms with Gasteiger partial charge in [-0.25, -0.2) is 0 Å². The summed E-state index contributed by atoms with van der Waals surface area (Å²) in [4.78, 5) is 14.2. The summed E-state index contributed by atoms with van der Waals surface area (Å²) >= 11 is 5.83. The number of nitrogens with zero attached hydrogens (tertiary/aromatic N) is 1. The van der Waals surface area contributed by atoms with Crippen molar-refractivity contribution in [3.05, 3.63) is 23.2 Å². The van der Waals surface area contributed by atoms with Gasteiger partial charge in [-0.3, -0.25) is 4.79 Å². The first-order chi connectivity index (χ1) is 9.97. The predicted molar refractivity (Wildman–Crippen MR) is 90.7 cm³/mol. The van der Waals surface area contributed by atoms with E-state index in [0.29, 0.717) is 28.9 Å². The highest BCUT2D eigenvalue weighted by molar-refractivity contribution is 6.31. The second kappa shape index (κ2) is 8.90. The SMILES string of the molecule is CCC(CC)N(C)CCCC(=O)Nc1ccc(Cl)cc1N. The van der Waals surface area contributed by atoms with E-state index in [4.69, 9.17) is 17.3 Å². The maximum Gasteiger partial charge on any atom is 0.224 e. The van der Waals surface area contributed by atoms with Crippen molar-refractivity contribution in [1.29, 1.82) is 0 Å². The minimum absolute atomic E-state index is 0.0121. The van der Waals surface area contributed by atoms with Gasteiger partial charge in [-0.15, -0.1) is 0 Å². The number of amides is 1. The number of halogens is 1. The van der Waals surface area contributed by atoms with Crippen molar-refractivity contribution in [3.8, 4) is 0 Å². The molecule has 0 aliphatic rings. The van der Waals surface area contributed by atoms with Crippen LogP contribution in [0.1, 0.15) is 39.5 Å². The molecule has 0 aromatic heterocycles. The molecular formula is C16H26ClN3O. The molecule has 3 N–H and O–H groups in total. The molecule has 0 fully saturated rings. The zero-order chi connectivity index (χ0) is 15.8. The van der Waals surface area contributed by atoms with Gasteiger partial charge >= 0.3 is 0 Å². The molecule has 0 heterocycles. The highest BCUT2D eigenvalue weighted by Crippen LogP contribution is 2.22. The molecule has 1 aromatic rings. The lowest BCUT2D eigenvalue weighted by atomic mass is 10.1. The zero-order valence-corrected chi connectivity index (χ0v) is 13.9. The Kier molecular flexibility index (Phi) is 7.54. The largest absolute Gasteiger partial charge is 0.397 e. The third-order valence-electron chi connectivity index (χ3n) is 3.77. The Hall–Kier alpha value is -1.26. The fraction of sp³-hybridized carbons (Fsp3) is 0.562. The van der Waals surface area contributed by atoms with Crippen molar-refractivity contribution in [2.45, 2.75) is 45.6 Å². The molecule has 4 nitrogen and oxygen atoms in total. The predicted octanol–water partition coefficient (Wildman–Crippen LogP) is 3.76. The third kappa shape index (κ3) is 5.94. The van der Waals surface area contributed by atoms with Crippen LogP contribution in [0.5, 0.6) is 0 Å². The number of nitrogens with one attached hydrogen (secondary N) is 1. The standard InChI is InChI=1S/C16H26ClN3O/c1-4-13(5-2)20(3)10-6-7-16(21)19-15-9-8-12(17)11-14(15)18/h8-9,11,13H,4-7,10,18H2,1-3H3,(H,19,21). The van der Waals surface area contributed by atoms with Gasteiger partial charge in [-0.05, 0) is 51.1 Å². The summed E-state index contributed by atoms with van der Waals surface area (Å²) in [5.41, 5.74) is 6.93.